The SMILES string of the molecule is CCOCOc1cc(C#N)ccc1-c1nnc(NC2CCCN(C(C)C)C2)c2ccccc12. The van der Waals surface area contributed by atoms with E-state index in [0.717, 1.165) is 47.4 Å². The maximum atomic E-state index is 9.34. The van der Waals surface area contributed by atoms with Crippen LogP contribution in [0.25, 0.3) is 22.0 Å². The molecule has 7 heteroatoms. The van der Waals surface area contributed by atoms with Crippen molar-refractivity contribution in [2.75, 3.05) is 31.8 Å². The number of benzene rings is 2. The van der Waals surface area contributed by atoms with Crippen molar-refractivity contribution in [2.24, 2.45) is 0 Å². The molecule has 33 heavy (non-hydrogen) atoms. The Bertz CT molecular complexity index is 1140. The molecule has 2 aromatic carbocycles. The number of nitrogens with one attached hydrogen (secondary N) is 1. The molecule has 1 unspecified atom stereocenters. The second-order valence-corrected chi connectivity index (χ2v) is 8.59. The molecule has 172 valence electrons. The molecule has 7 nitrogen and oxygen atoms in total. The molecule has 0 amide bonds. The molecule has 0 bridgehead atoms. The number of anilines is 1. The fourth-order valence-corrected chi connectivity index (χ4v) is 4.29. The van der Waals surface area contributed by atoms with E-state index in [9.17, 15) is 5.26 Å². The van der Waals surface area contributed by atoms with E-state index in [4.69, 9.17) is 9.47 Å². The lowest BCUT2D eigenvalue weighted by Gasteiger charge is -2.36. The summed E-state index contributed by atoms with van der Waals surface area (Å²) >= 11 is 0. The first-order chi connectivity index (χ1) is 16.1. The molecule has 2 heterocycles. The van der Waals surface area contributed by atoms with Gasteiger partial charge in [-0.3, -0.25) is 4.90 Å². The molecule has 0 radical (unpaired) electrons. The van der Waals surface area contributed by atoms with Crippen molar-refractivity contribution in [2.45, 2.75) is 45.7 Å². The van der Waals surface area contributed by atoms with E-state index in [1.807, 2.05) is 25.1 Å². The zero-order chi connectivity index (χ0) is 23.2. The van der Waals surface area contributed by atoms with Crippen molar-refractivity contribution in [3.05, 3.63) is 48.0 Å². The van der Waals surface area contributed by atoms with Gasteiger partial charge in [-0.25, -0.2) is 0 Å². The predicted octanol–water partition coefficient (Wildman–Crippen LogP) is 4.83. The van der Waals surface area contributed by atoms with Gasteiger partial charge in [0.1, 0.15) is 11.4 Å². The van der Waals surface area contributed by atoms with Crippen LogP contribution in [-0.2, 0) is 4.74 Å². The van der Waals surface area contributed by atoms with Crippen molar-refractivity contribution in [1.82, 2.24) is 15.1 Å². The Hall–Kier alpha value is -3.21. The minimum Gasteiger partial charge on any atom is -0.467 e. The first kappa shape index (κ1) is 23.0. The van der Waals surface area contributed by atoms with E-state index in [2.05, 4.69) is 52.5 Å². The minimum atomic E-state index is 0.109. The Morgan fingerprint density at radius 3 is 2.76 bits per heavy atom. The van der Waals surface area contributed by atoms with Gasteiger partial charge in [0.15, 0.2) is 12.6 Å². The number of hydrogen-bond donors (Lipinski definition) is 1. The third kappa shape index (κ3) is 5.24. The largest absolute Gasteiger partial charge is 0.467 e. The Labute approximate surface area is 195 Å². The molecule has 3 aromatic rings. The maximum absolute atomic E-state index is 9.34. The van der Waals surface area contributed by atoms with Crippen LogP contribution in [0.3, 0.4) is 0 Å². The van der Waals surface area contributed by atoms with Gasteiger partial charge in [0, 0.05) is 41.6 Å². The van der Waals surface area contributed by atoms with E-state index < -0.39 is 0 Å². The van der Waals surface area contributed by atoms with Crippen LogP contribution in [0.1, 0.15) is 39.2 Å². The Balaban J connectivity index is 1.69. The zero-order valence-corrected chi connectivity index (χ0v) is 19.5. The van der Waals surface area contributed by atoms with Gasteiger partial charge in [-0.05, 0) is 58.4 Å². The number of fused-ring (bicyclic) bond motifs is 1. The lowest BCUT2D eigenvalue weighted by molar-refractivity contribution is 0.0227. The lowest BCUT2D eigenvalue weighted by Crippen LogP contribution is -2.45. The number of rotatable bonds is 8. The zero-order valence-electron chi connectivity index (χ0n) is 19.5. The van der Waals surface area contributed by atoms with E-state index in [1.165, 1.54) is 6.42 Å². The first-order valence-corrected chi connectivity index (χ1v) is 11.6. The van der Waals surface area contributed by atoms with E-state index in [-0.39, 0.29) is 6.79 Å². The van der Waals surface area contributed by atoms with Crippen molar-refractivity contribution < 1.29 is 9.47 Å². The van der Waals surface area contributed by atoms with Crippen molar-refractivity contribution in [3.63, 3.8) is 0 Å². The second-order valence-electron chi connectivity index (χ2n) is 8.59. The fourth-order valence-electron chi connectivity index (χ4n) is 4.29. The van der Waals surface area contributed by atoms with Gasteiger partial charge in [0.05, 0.1) is 11.6 Å². The van der Waals surface area contributed by atoms with Crippen LogP contribution in [0.15, 0.2) is 42.5 Å². The molecule has 1 N–H and O–H groups in total. The van der Waals surface area contributed by atoms with Crippen LogP contribution >= 0.6 is 0 Å². The number of piperidine rings is 1. The average molecular weight is 446 g/mol. The second kappa shape index (κ2) is 10.6. The number of nitrogens with zero attached hydrogens (tertiary/aromatic N) is 4. The number of likely N-dealkylation sites (tertiary alicyclic amines) is 1. The van der Waals surface area contributed by atoms with Crippen molar-refractivity contribution >= 4 is 16.6 Å². The third-order valence-electron chi connectivity index (χ3n) is 6.08. The number of ether oxygens (including phenoxy) is 2. The molecule has 1 saturated heterocycles. The standard InChI is InChI=1S/C26H31N5O2/c1-4-32-17-33-24-14-19(15-27)11-12-23(24)25-21-9-5-6-10-22(21)26(30-29-25)28-20-8-7-13-31(16-20)18(2)3/h5-6,9-12,14,18,20H,4,7-8,13,16-17H2,1-3H3,(H,28,30). The Kier molecular flexibility index (Phi) is 7.38. The first-order valence-electron chi connectivity index (χ1n) is 11.6. The molecule has 1 atom stereocenters. The predicted molar refractivity (Wildman–Crippen MR) is 130 cm³/mol. The van der Waals surface area contributed by atoms with Crippen LogP contribution < -0.4 is 10.1 Å². The van der Waals surface area contributed by atoms with Gasteiger partial charge < -0.3 is 14.8 Å². The van der Waals surface area contributed by atoms with Crippen LogP contribution in [0.5, 0.6) is 5.75 Å². The highest BCUT2D eigenvalue weighted by Crippen LogP contribution is 2.36. The molecule has 0 spiro atoms. The third-order valence-corrected chi connectivity index (χ3v) is 6.08. The summed E-state index contributed by atoms with van der Waals surface area (Å²) < 4.78 is 11.2. The summed E-state index contributed by atoms with van der Waals surface area (Å²) in [5.74, 6) is 1.36. The van der Waals surface area contributed by atoms with Crippen molar-refractivity contribution in [1.29, 1.82) is 5.26 Å². The molecule has 0 aliphatic carbocycles. The summed E-state index contributed by atoms with van der Waals surface area (Å²) in [5, 5.41) is 24.2. The summed E-state index contributed by atoms with van der Waals surface area (Å²) in [5.41, 5.74) is 2.03. The molecular weight excluding hydrogens is 414 g/mol. The van der Waals surface area contributed by atoms with Crippen LogP contribution in [-0.4, -0.2) is 53.7 Å². The molecule has 1 aromatic heterocycles. The molecule has 1 aliphatic rings. The average Bonchev–Trinajstić information content (AvgIpc) is 2.85. The topological polar surface area (TPSA) is 83.3 Å². The van der Waals surface area contributed by atoms with Crippen LogP contribution in [0.2, 0.25) is 0 Å². The number of hydrogen-bond acceptors (Lipinski definition) is 7. The lowest BCUT2D eigenvalue weighted by atomic mass is 10.0. The van der Waals surface area contributed by atoms with Gasteiger partial charge in [-0.15, -0.1) is 10.2 Å². The highest BCUT2D eigenvalue weighted by Gasteiger charge is 2.23. The summed E-state index contributed by atoms with van der Waals surface area (Å²) in [6.45, 7) is 9.20. The van der Waals surface area contributed by atoms with Gasteiger partial charge in [-0.2, -0.15) is 5.26 Å². The molecule has 1 fully saturated rings. The summed E-state index contributed by atoms with van der Waals surface area (Å²) in [4.78, 5) is 2.50. The van der Waals surface area contributed by atoms with Gasteiger partial charge in [0.25, 0.3) is 0 Å². The Morgan fingerprint density at radius 1 is 1.18 bits per heavy atom. The van der Waals surface area contributed by atoms with Gasteiger partial charge >= 0.3 is 0 Å². The van der Waals surface area contributed by atoms with E-state index in [1.54, 1.807) is 12.1 Å². The van der Waals surface area contributed by atoms with Gasteiger partial charge in [-0.1, -0.05) is 24.3 Å². The maximum Gasteiger partial charge on any atom is 0.189 e. The number of nitriles is 1. The molecule has 0 saturated carbocycles. The smallest absolute Gasteiger partial charge is 0.189 e. The minimum absolute atomic E-state index is 0.109. The summed E-state index contributed by atoms with van der Waals surface area (Å²) in [6.07, 6.45) is 2.29. The normalized spacial score (nSPS) is 16.6. The monoisotopic (exact) mass is 445 g/mol. The quantitative estimate of drug-likeness (QED) is 0.393. The van der Waals surface area contributed by atoms with E-state index >= 15 is 0 Å². The summed E-state index contributed by atoms with van der Waals surface area (Å²) in [6, 6.07) is 16.5. The van der Waals surface area contributed by atoms with Crippen molar-refractivity contribution in [3.8, 4) is 23.1 Å². The van der Waals surface area contributed by atoms with Crippen LogP contribution in [0.4, 0.5) is 5.82 Å². The highest BCUT2D eigenvalue weighted by molar-refractivity contribution is 6.01. The summed E-state index contributed by atoms with van der Waals surface area (Å²) in [7, 11) is 0. The van der Waals surface area contributed by atoms with Gasteiger partial charge in [0.2, 0.25) is 0 Å². The molecule has 1 aliphatic heterocycles. The number of aromatic nitrogens is 2. The fraction of sp³-hybridized carbons (Fsp3) is 0.423. The van der Waals surface area contributed by atoms with Crippen LogP contribution in [0, 0.1) is 11.3 Å². The van der Waals surface area contributed by atoms with E-state index in [0.29, 0.717) is 30.0 Å². The highest BCUT2D eigenvalue weighted by atomic mass is 16.7. The molecular formula is C26H31N5O2. The Morgan fingerprint density at radius 2 is 2.00 bits per heavy atom. The molecule has 4 rings (SSSR count).